The van der Waals surface area contributed by atoms with Gasteiger partial charge in [0.15, 0.2) is 15.4 Å². The molecule has 0 saturated heterocycles. The van der Waals surface area contributed by atoms with Crippen LogP contribution in [0.1, 0.15) is 47.0 Å². The largest absolute Gasteiger partial charge is 2.00 e. The average Bonchev–Trinajstić information content (AvgIpc) is 1.60. The molecule has 2 aliphatic rings. The van der Waals surface area contributed by atoms with E-state index in [0.717, 1.165) is 102 Å². The molecule has 37 heteroatoms. The molecular weight excluding hydrogens is 1730 g/mol. The van der Waals surface area contributed by atoms with E-state index < -0.39 is 30.1 Å². The van der Waals surface area contributed by atoms with Gasteiger partial charge in [0.2, 0.25) is 35.2 Å². The molecule has 0 atom stereocenters. The normalized spacial score (nSPS) is 11.7. The SMILES string of the molecule is CCOCCCN(c1nc2ccccc2s1)S(C)(=O)=O.CCOCCCN(c1nc2ccccc2s1)S(C)(=O)=O.CCOCCCS(=O)(=O)N(C)c1nc2ccccc2s1.CCOCCN(OOSC)c1nc2ccccc2s1.[Cu+2].c1ccc2c(c1)-c1nc-2nc2[n-]c(nc3nc(nc4[n-]c(n1)c1ccccc41)-c1ccccc1-3)c1ccccc21. The zero-order chi connectivity index (χ0) is 83.5. The molecule has 0 fully saturated rings. The number of anilines is 4. The van der Waals surface area contributed by atoms with Gasteiger partial charge in [0.25, 0.3) is 0 Å². The fourth-order valence-electron chi connectivity index (χ4n) is 12.3. The third kappa shape index (κ3) is 22.4. The first kappa shape index (κ1) is 89.6. The van der Waals surface area contributed by atoms with Crippen LogP contribution < -0.4 is 27.9 Å². The number of sulfonamides is 3. The molecule has 9 heterocycles. The molecular formula is C83H86CuN16O12S8. The maximum absolute atomic E-state index is 12.2. The minimum absolute atomic E-state index is 0. The van der Waals surface area contributed by atoms with Crippen LogP contribution in [0.2, 0.25) is 0 Å². The number of nitrogens with zero attached hydrogens (tertiary/aromatic N) is 16. The molecule has 7 aromatic heterocycles. The van der Waals surface area contributed by atoms with Crippen LogP contribution in [0.5, 0.6) is 0 Å². The van der Waals surface area contributed by atoms with Crippen LogP contribution in [0, 0.1) is 0 Å². The number of hydroxylamine groups is 1. The maximum atomic E-state index is 12.2. The number of rotatable bonds is 29. The minimum atomic E-state index is -3.34. The molecule has 17 rings (SSSR count). The van der Waals surface area contributed by atoms with Gasteiger partial charge in [-0.3, -0.25) is 0 Å². The van der Waals surface area contributed by atoms with Gasteiger partial charge in [0.1, 0.15) is 0 Å². The molecule has 2 aliphatic heterocycles. The van der Waals surface area contributed by atoms with Crippen LogP contribution in [0.4, 0.5) is 20.5 Å². The second kappa shape index (κ2) is 42.2. The smallest absolute Gasteiger partial charge is 0.382 e. The van der Waals surface area contributed by atoms with E-state index in [4.69, 9.17) is 68.1 Å². The average molecular weight is 1820 g/mol. The van der Waals surface area contributed by atoms with Crippen molar-refractivity contribution < 1.29 is 70.6 Å². The molecule has 8 bridgehead atoms. The molecule has 0 spiro atoms. The number of hydrogen-bond acceptors (Lipinski definition) is 28. The summed E-state index contributed by atoms with van der Waals surface area (Å²) < 4.78 is 106. The Hall–Kier alpha value is -9.64. The summed E-state index contributed by atoms with van der Waals surface area (Å²) in [4.78, 5) is 62.2. The molecule has 8 aromatic carbocycles. The van der Waals surface area contributed by atoms with Gasteiger partial charge in [0, 0.05) is 130 Å². The van der Waals surface area contributed by atoms with Gasteiger partial charge in [-0.2, -0.15) is 5.06 Å². The van der Waals surface area contributed by atoms with Gasteiger partial charge in [-0.05, 0) is 117 Å². The van der Waals surface area contributed by atoms with E-state index >= 15 is 0 Å². The molecule has 120 heavy (non-hydrogen) atoms. The molecule has 0 N–H and O–H groups in total. The van der Waals surface area contributed by atoms with Gasteiger partial charge in [0.05, 0.1) is 95.6 Å². The molecule has 0 aliphatic carbocycles. The van der Waals surface area contributed by atoms with Gasteiger partial charge >= 0.3 is 17.1 Å². The summed E-state index contributed by atoms with van der Waals surface area (Å²) in [7, 11) is -8.45. The number of fused-ring (bicyclic) bond motifs is 24. The molecule has 629 valence electrons. The van der Waals surface area contributed by atoms with E-state index in [-0.39, 0.29) is 22.8 Å². The zero-order valence-electron chi connectivity index (χ0n) is 66.7. The number of hydrogen-bond donors (Lipinski definition) is 0. The Labute approximate surface area is 726 Å². The Morgan fingerprint density at radius 2 is 0.667 bits per heavy atom. The molecule has 15 aromatic rings. The summed E-state index contributed by atoms with van der Waals surface area (Å²) in [6.45, 7) is 13.7. The standard InChI is InChI=1S/C32H16N8.3C13H18N2O3S2.C12H16N2O3S2.Cu/c1-2-10-18-17(9-1)25-33-26(18)38-28-21-13-5-6-14-22(21)30(35-28)40-32-24-16-8-7-15-23(24)31(36-32)39-29-20-12-4-3-11-19(20)27(34-29)37-25;2*1-3-18-10-6-9-15(20(2,16)17)13-14-11-7-4-5-8-12(11)19-13;1-3-18-9-6-10-20(16,17)15(2)13-14-11-7-4-5-8-12(11)19-13;1-3-15-9-8-14(16-17-18-2)12-13-10-6-4-5-7-11(10)19-12;/h1-16H;3*4-5,7-8H,3,6,9-10H2,1-2H3;4-7H,3,8-9H2,1-2H3;/q-2;;;;;+2. The van der Waals surface area contributed by atoms with E-state index in [9.17, 15) is 25.3 Å². The van der Waals surface area contributed by atoms with Crippen molar-refractivity contribution in [2.24, 2.45) is 0 Å². The Morgan fingerprint density at radius 3 is 1.01 bits per heavy atom. The Kier molecular flexibility index (Phi) is 31.5. The molecule has 0 amide bonds. The van der Waals surface area contributed by atoms with Crippen molar-refractivity contribution in [3.63, 3.8) is 0 Å². The predicted molar refractivity (Wildman–Crippen MR) is 482 cm³/mol. The summed E-state index contributed by atoms with van der Waals surface area (Å²) >= 11 is 6.86. The number of benzene rings is 8. The summed E-state index contributed by atoms with van der Waals surface area (Å²) in [6, 6.07) is 62.7. The van der Waals surface area contributed by atoms with Gasteiger partial charge in [-0.25, -0.2) is 68.1 Å². The molecule has 0 saturated carbocycles. The fourth-order valence-corrected chi connectivity index (χ4v) is 20.1. The van der Waals surface area contributed by atoms with Crippen LogP contribution in [-0.4, -0.2) is 179 Å². The first-order valence-corrected chi connectivity index (χ1v) is 47.8. The topological polar surface area (TPSA) is 328 Å². The Bertz CT molecular complexity index is 5960. The number of para-hydroxylation sites is 4. The first-order valence-electron chi connectivity index (χ1n) is 38.1. The summed E-state index contributed by atoms with van der Waals surface area (Å²) in [5.74, 6) is 2.28. The Balaban J connectivity index is 0.000000144. The van der Waals surface area contributed by atoms with Crippen LogP contribution in [0.15, 0.2) is 194 Å². The second-order valence-corrected chi connectivity index (χ2v) is 36.7. The number of thiazole rings is 4. The van der Waals surface area contributed by atoms with Gasteiger partial charge < -0.3 is 48.9 Å². The summed E-state index contributed by atoms with van der Waals surface area (Å²) in [6.07, 6.45) is 6.00. The Morgan fingerprint density at radius 1 is 0.367 bits per heavy atom. The zero-order valence-corrected chi connectivity index (χ0v) is 74.2. The van der Waals surface area contributed by atoms with Gasteiger partial charge in [-0.15, -0.1) is 4.33 Å². The molecule has 0 unspecified atom stereocenters. The van der Waals surface area contributed by atoms with Crippen molar-refractivity contribution in [2.45, 2.75) is 47.0 Å². The monoisotopic (exact) mass is 1820 g/mol. The van der Waals surface area contributed by atoms with Crippen LogP contribution in [0.25, 0.3) is 131 Å². The van der Waals surface area contributed by atoms with Crippen LogP contribution >= 0.6 is 57.4 Å². The number of aromatic nitrogens is 12. The van der Waals surface area contributed by atoms with Crippen LogP contribution in [-0.2, 0) is 75.4 Å². The van der Waals surface area contributed by atoms with Crippen molar-refractivity contribution in [1.29, 1.82) is 0 Å². The fraction of sp³-hybridized carbons (Fsp3) is 0.277. The van der Waals surface area contributed by atoms with E-state index in [1.165, 1.54) is 59.4 Å². The maximum Gasteiger partial charge on any atom is 2.00 e. The first-order chi connectivity index (χ1) is 57.7. The minimum Gasteiger partial charge on any atom is -0.382 e. The summed E-state index contributed by atoms with van der Waals surface area (Å²) in [5.41, 5.74) is 9.21. The third-order valence-corrected chi connectivity index (χ3v) is 27.0. The van der Waals surface area contributed by atoms with E-state index in [1.807, 2.05) is 222 Å². The van der Waals surface area contributed by atoms with Crippen molar-refractivity contribution in [3.05, 3.63) is 194 Å². The summed E-state index contributed by atoms with van der Waals surface area (Å²) in [5, 5.41) is 7.48. The third-order valence-electron chi connectivity index (χ3n) is 18.0. The predicted octanol–water partition coefficient (Wildman–Crippen LogP) is 16.9. The molecule has 1 radical (unpaired) electrons. The van der Waals surface area contributed by atoms with E-state index in [2.05, 4.69) is 19.9 Å². The second-order valence-electron chi connectivity index (χ2n) is 26.2. The van der Waals surface area contributed by atoms with Gasteiger partial charge in [-0.1, -0.05) is 196 Å². The van der Waals surface area contributed by atoms with Crippen molar-refractivity contribution in [3.8, 4) is 45.6 Å². The van der Waals surface area contributed by atoms with E-state index in [1.54, 1.807) is 29.7 Å². The van der Waals surface area contributed by atoms with Crippen molar-refractivity contribution >= 4 is 193 Å². The number of ether oxygens (including phenoxy) is 4. The quantitative estimate of drug-likeness (QED) is 0.0138. The van der Waals surface area contributed by atoms with Crippen molar-refractivity contribution in [1.82, 2.24) is 59.8 Å². The van der Waals surface area contributed by atoms with Crippen molar-refractivity contribution in [2.75, 3.05) is 122 Å². The van der Waals surface area contributed by atoms with Crippen LogP contribution in [0.3, 0.4) is 0 Å². The van der Waals surface area contributed by atoms with E-state index in [0.29, 0.717) is 153 Å². The molecule has 28 nitrogen and oxygen atoms in total.